The number of carboxylic acid groups (broad SMARTS) is 2. The average molecular weight is 301 g/mol. The van der Waals surface area contributed by atoms with Crippen molar-refractivity contribution in [1.29, 1.82) is 0 Å². The van der Waals surface area contributed by atoms with Gasteiger partial charge in [-0.05, 0) is 25.9 Å². The first-order valence-corrected chi connectivity index (χ1v) is 7.89. The second-order valence-electron chi connectivity index (χ2n) is 4.88. The molecular formula is C16H31NO4. The lowest BCUT2D eigenvalue weighted by Crippen LogP contribution is -2.16. The van der Waals surface area contributed by atoms with E-state index in [1.165, 1.54) is 64.5 Å². The van der Waals surface area contributed by atoms with E-state index in [0.29, 0.717) is 12.2 Å². The molecule has 0 spiro atoms. The first-order valence-electron chi connectivity index (χ1n) is 7.89. The smallest absolute Gasteiger partial charge is 0.328 e. The van der Waals surface area contributed by atoms with Crippen LogP contribution in [0.15, 0.2) is 12.2 Å². The van der Waals surface area contributed by atoms with Crippen LogP contribution in [-0.4, -0.2) is 35.2 Å². The minimum atomic E-state index is -1.26. The van der Waals surface area contributed by atoms with Gasteiger partial charge in [-0.2, -0.15) is 0 Å². The van der Waals surface area contributed by atoms with Crippen LogP contribution < -0.4 is 5.32 Å². The van der Waals surface area contributed by atoms with Gasteiger partial charge in [-0.25, -0.2) is 9.59 Å². The molecule has 124 valence electrons. The Hall–Kier alpha value is -1.36. The Morgan fingerprint density at radius 2 is 1.14 bits per heavy atom. The standard InChI is InChI=1S/C12H27N.C4H4O4/c1-3-5-7-9-11-13-12-10-8-6-4-2;5-3(6)1-2-4(7)8/h13H,3-12H2,1-2H3;1-2H,(H,5,6)(H,7,8). The molecule has 0 aromatic heterocycles. The molecule has 0 fully saturated rings. The number of hydrogen-bond acceptors (Lipinski definition) is 3. The Bertz CT molecular complexity index is 251. The predicted octanol–water partition coefficient (Wildman–Crippen LogP) is 3.45. The summed E-state index contributed by atoms with van der Waals surface area (Å²) < 4.78 is 0. The molecule has 0 aliphatic carbocycles. The lowest BCUT2D eigenvalue weighted by molar-refractivity contribution is -0.134. The van der Waals surface area contributed by atoms with E-state index in [4.69, 9.17) is 10.2 Å². The minimum Gasteiger partial charge on any atom is -0.478 e. The Balaban J connectivity index is 0. The van der Waals surface area contributed by atoms with Crippen LogP contribution in [0.2, 0.25) is 0 Å². The topological polar surface area (TPSA) is 86.6 Å². The maximum Gasteiger partial charge on any atom is 0.328 e. The monoisotopic (exact) mass is 301 g/mol. The first-order chi connectivity index (χ1) is 10.0. The second-order valence-corrected chi connectivity index (χ2v) is 4.88. The van der Waals surface area contributed by atoms with Gasteiger partial charge in [-0.15, -0.1) is 0 Å². The van der Waals surface area contributed by atoms with Gasteiger partial charge in [-0.3, -0.25) is 0 Å². The molecule has 0 heterocycles. The lowest BCUT2D eigenvalue weighted by Gasteiger charge is -2.03. The number of hydrogen-bond donors (Lipinski definition) is 3. The third-order valence-electron chi connectivity index (χ3n) is 2.78. The van der Waals surface area contributed by atoms with Gasteiger partial charge in [0.2, 0.25) is 0 Å². The van der Waals surface area contributed by atoms with E-state index < -0.39 is 11.9 Å². The zero-order valence-electron chi connectivity index (χ0n) is 13.4. The summed E-state index contributed by atoms with van der Waals surface area (Å²) >= 11 is 0. The second kappa shape index (κ2) is 18.6. The van der Waals surface area contributed by atoms with Crippen molar-refractivity contribution in [1.82, 2.24) is 5.32 Å². The summed E-state index contributed by atoms with van der Waals surface area (Å²) in [6.07, 6.45) is 12.1. The van der Waals surface area contributed by atoms with Crippen molar-refractivity contribution in [3.63, 3.8) is 0 Å². The molecular weight excluding hydrogens is 270 g/mol. The molecule has 5 nitrogen and oxygen atoms in total. The van der Waals surface area contributed by atoms with Crippen LogP contribution in [0.3, 0.4) is 0 Å². The summed E-state index contributed by atoms with van der Waals surface area (Å²) in [5.41, 5.74) is 0. The van der Waals surface area contributed by atoms with Gasteiger partial charge in [0.25, 0.3) is 0 Å². The van der Waals surface area contributed by atoms with Crippen molar-refractivity contribution in [2.75, 3.05) is 13.1 Å². The van der Waals surface area contributed by atoms with Gasteiger partial charge < -0.3 is 15.5 Å². The molecule has 0 aliphatic heterocycles. The average Bonchev–Trinajstić information content (AvgIpc) is 2.44. The number of aliphatic carboxylic acids is 2. The summed E-state index contributed by atoms with van der Waals surface area (Å²) in [7, 11) is 0. The molecule has 3 N–H and O–H groups in total. The first kappa shape index (κ1) is 21.9. The molecule has 0 unspecified atom stereocenters. The number of rotatable bonds is 12. The van der Waals surface area contributed by atoms with Gasteiger partial charge >= 0.3 is 11.9 Å². The van der Waals surface area contributed by atoms with Gasteiger partial charge in [0.1, 0.15) is 0 Å². The summed E-state index contributed by atoms with van der Waals surface area (Å²) in [4.78, 5) is 19.1. The Labute approximate surface area is 128 Å². The molecule has 0 bridgehead atoms. The van der Waals surface area contributed by atoms with Crippen molar-refractivity contribution in [3.8, 4) is 0 Å². The van der Waals surface area contributed by atoms with Gasteiger partial charge in [0.15, 0.2) is 0 Å². The van der Waals surface area contributed by atoms with E-state index in [1.54, 1.807) is 0 Å². The number of unbranched alkanes of at least 4 members (excludes halogenated alkanes) is 6. The molecule has 0 rings (SSSR count). The van der Waals surface area contributed by atoms with E-state index in [-0.39, 0.29) is 0 Å². The highest BCUT2D eigenvalue weighted by Crippen LogP contribution is 1.98. The van der Waals surface area contributed by atoms with Crippen molar-refractivity contribution in [2.24, 2.45) is 0 Å². The molecule has 0 saturated heterocycles. The number of carbonyl (C=O) groups is 2. The zero-order valence-corrected chi connectivity index (χ0v) is 13.4. The SMILES string of the molecule is CCCCCCNCCCCCC.O=C(O)C=CC(=O)O. The normalized spacial score (nSPS) is 10.2. The molecule has 0 amide bonds. The van der Waals surface area contributed by atoms with Crippen molar-refractivity contribution < 1.29 is 19.8 Å². The maximum atomic E-state index is 9.55. The highest BCUT2D eigenvalue weighted by Gasteiger charge is 1.89. The van der Waals surface area contributed by atoms with Crippen LogP contribution >= 0.6 is 0 Å². The van der Waals surface area contributed by atoms with Crippen LogP contribution in [0.4, 0.5) is 0 Å². The fourth-order valence-electron chi connectivity index (χ4n) is 1.62. The Morgan fingerprint density at radius 3 is 1.43 bits per heavy atom. The molecule has 0 saturated carbocycles. The minimum absolute atomic E-state index is 0.558. The maximum absolute atomic E-state index is 9.55. The van der Waals surface area contributed by atoms with Crippen LogP contribution in [0, 0.1) is 0 Å². The van der Waals surface area contributed by atoms with Gasteiger partial charge in [-0.1, -0.05) is 52.4 Å². The number of nitrogens with one attached hydrogen (secondary N) is 1. The van der Waals surface area contributed by atoms with E-state index >= 15 is 0 Å². The fraction of sp³-hybridized carbons (Fsp3) is 0.750. The lowest BCUT2D eigenvalue weighted by atomic mass is 10.2. The molecule has 0 aliphatic rings. The third-order valence-corrected chi connectivity index (χ3v) is 2.78. The van der Waals surface area contributed by atoms with Crippen molar-refractivity contribution in [3.05, 3.63) is 12.2 Å². The molecule has 5 heteroatoms. The summed E-state index contributed by atoms with van der Waals surface area (Å²) in [5.74, 6) is -2.51. The van der Waals surface area contributed by atoms with E-state index in [2.05, 4.69) is 19.2 Å². The van der Waals surface area contributed by atoms with Gasteiger partial charge in [0.05, 0.1) is 0 Å². The summed E-state index contributed by atoms with van der Waals surface area (Å²) in [5, 5.41) is 19.1. The quantitative estimate of drug-likeness (QED) is 0.379. The zero-order chi connectivity index (χ0) is 16.3. The van der Waals surface area contributed by atoms with E-state index in [9.17, 15) is 9.59 Å². The van der Waals surface area contributed by atoms with Gasteiger partial charge in [0, 0.05) is 12.2 Å². The van der Waals surface area contributed by atoms with Crippen LogP contribution in [-0.2, 0) is 9.59 Å². The Morgan fingerprint density at radius 1 is 0.762 bits per heavy atom. The van der Waals surface area contributed by atoms with Crippen LogP contribution in [0.25, 0.3) is 0 Å². The van der Waals surface area contributed by atoms with Crippen LogP contribution in [0.5, 0.6) is 0 Å². The summed E-state index contributed by atoms with van der Waals surface area (Å²) in [6.45, 7) is 6.98. The van der Waals surface area contributed by atoms with Crippen molar-refractivity contribution >= 4 is 11.9 Å². The molecule has 0 aromatic carbocycles. The summed E-state index contributed by atoms with van der Waals surface area (Å²) in [6, 6.07) is 0. The molecule has 0 radical (unpaired) electrons. The third kappa shape index (κ3) is 27.7. The van der Waals surface area contributed by atoms with Crippen molar-refractivity contribution in [2.45, 2.75) is 65.2 Å². The highest BCUT2D eigenvalue weighted by molar-refractivity contribution is 5.89. The molecule has 21 heavy (non-hydrogen) atoms. The Kier molecular flexibility index (Phi) is 19.5. The fourth-order valence-corrected chi connectivity index (χ4v) is 1.62. The molecule has 0 aromatic rings. The number of carboxylic acids is 2. The van der Waals surface area contributed by atoms with E-state index in [1.807, 2.05) is 0 Å². The largest absolute Gasteiger partial charge is 0.478 e. The predicted molar refractivity (Wildman–Crippen MR) is 85.6 cm³/mol. The van der Waals surface area contributed by atoms with Crippen LogP contribution in [0.1, 0.15) is 65.2 Å². The van der Waals surface area contributed by atoms with E-state index in [0.717, 1.165) is 0 Å². The molecule has 0 atom stereocenters. The highest BCUT2D eigenvalue weighted by atomic mass is 16.4.